The molecule has 1 N–H and O–H groups in total. The maximum absolute atomic E-state index is 14.5. The van der Waals surface area contributed by atoms with Gasteiger partial charge in [0.15, 0.2) is 6.54 Å². The highest BCUT2D eigenvalue weighted by Gasteiger charge is 2.52. The number of unbranched alkanes of at least 4 members (excludes halogenated alkanes) is 2. The average Bonchev–Trinajstić information content (AvgIpc) is 2.31. The van der Waals surface area contributed by atoms with Gasteiger partial charge < -0.3 is 22.1 Å². The molecular formula is C14H28BrF2NO2. The maximum atomic E-state index is 14.5. The molecule has 0 radical (unpaired) electrons. The number of aliphatic carboxylic acids is 1. The summed E-state index contributed by atoms with van der Waals surface area (Å²) in [5.74, 6) is -1.14. The molecule has 0 fully saturated rings. The predicted molar refractivity (Wildman–Crippen MR) is 72.2 cm³/mol. The fourth-order valence-corrected chi connectivity index (χ4v) is 2.43. The van der Waals surface area contributed by atoms with Crippen LogP contribution in [-0.4, -0.2) is 41.2 Å². The van der Waals surface area contributed by atoms with Crippen LogP contribution in [0.2, 0.25) is 0 Å². The number of hydrogen-bond acceptors (Lipinski definition) is 1. The van der Waals surface area contributed by atoms with Crippen LogP contribution >= 0.6 is 0 Å². The number of hydrogen-bond donors (Lipinski definition) is 1. The van der Waals surface area contributed by atoms with Crippen molar-refractivity contribution in [2.75, 3.05) is 19.6 Å². The van der Waals surface area contributed by atoms with Gasteiger partial charge in [0.05, 0.1) is 19.5 Å². The lowest BCUT2D eigenvalue weighted by molar-refractivity contribution is -1.00. The van der Waals surface area contributed by atoms with E-state index in [1.807, 2.05) is 13.8 Å². The Morgan fingerprint density at radius 3 is 1.80 bits per heavy atom. The lowest BCUT2D eigenvalue weighted by atomic mass is 10.1. The minimum Gasteiger partial charge on any atom is -1.00 e. The second kappa shape index (κ2) is 10.5. The van der Waals surface area contributed by atoms with Crippen LogP contribution < -0.4 is 17.0 Å². The van der Waals surface area contributed by atoms with E-state index in [0.29, 0.717) is 19.3 Å². The largest absolute Gasteiger partial charge is 1.00 e. The second-order valence-electron chi connectivity index (χ2n) is 5.27. The van der Waals surface area contributed by atoms with E-state index in [-0.39, 0.29) is 36.5 Å². The third-order valence-corrected chi connectivity index (χ3v) is 3.56. The first-order chi connectivity index (χ1) is 8.85. The van der Waals surface area contributed by atoms with Gasteiger partial charge in [-0.1, -0.05) is 33.6 Å². The van der Waals surface area contributed by atoms with Crippen molar-refractivity contribution in [1.82, 2.24) is 0 Å². The molecule has 0 atom stereocenters. The van der Waals surface area contributed by atoms with E-state index in [9.17, 15) is 13.6 Å². The topological polar surface area (TPSA) is 37.3 Å². The molecule has 0 aliphatic rings. The molecule has 0 saturated heterocycles. The van der Waals surface area contributed by atoms with Crippen LogP contribution in [0.5, 0.6) is 0 Å². The zero-order valence-corrected chi connectivity index (χ0v) is 14.4. The van der Waals surface area contributed by atoms with Crippen LogP contribution in [0.15, 0.2) is 0 Å². The summed E-state index contributed by atoms with van der Waals surface area (Å²) in [7, 11) is 0. The highest BCUT2D eigenvalue weighted by atomic mass is 79.9. The summed E-state index contributed by atoms with van der Waals surface area (Å²) in [6, 6.07) is -2.95. The molecule has 0 aliphatic carbocycles. The molecule has 0 bridgehead atoms. The first kappa shape index (κ1) is 22.1. The molecule has 0 amide bonds. The van der Waals surface area contributed by atoms with Gasteiger partial charge in [-0.3, -0.25) is 4.48 Å². The van der Waals surface area contributed by atoms with Gasteiger partial charge in [-0.25, -0.2) is 4.79 Å². The number of quaternary nitrogens is 1. The summed E-state index contributed by atoms with van der Waals surface area (Å²) in [6.45, 7) is 5.60. The molecule has 0 spiro atoms. The molecule has 20 heavy (non-hydrogen) atoms. The standard InChI is InChI=1S/C14H27F2NO2.BrH/c1-4-7-10-17(11-8-5-2,12-13(18)19)14(15,16)9-6-3;/h4-12H2,1-3H3;1H. The number of rotatable bonds is 11. The highest BCUT2D eigenvalue weighted by Crippen LogP contribution is 2.34. The van der Waals surface area contributed by atoms with Crippen molar-refractivity contribution in [2.24, 2.45) is 0 Å². The Hall–Kier alpha value is -0.230. The Morgan fingerprint density at radius 2 is 1.50 bits per heavy atom. The van der Waals surface area contributed by atoms with Gasteiger partial charge in [-0.15, -0.1) is 8.78 Å². The first-order valence-corrected chi connectivity index (χ1v) is 7.31. The number of nitrogens with zero attached hydrogens (tertiary/aromatic N) is 1. The fourth-order valence-electron chi connectivity index (χ4n) is 2.43. The fraction of sp³-hybridized carbons (Fsp3) is 0.929. The summed E-state index contributed by atoms with van der Waals surface area (Å²) < 4.78 is 28.3. The van der Waals surface area contributed by atoms with E-state index in [1.165, 1.54) is 0 Å². The average molecular weight is 360 g/mol. The molecule has 3 nitrogen and oxygen atoms in total. The van der Waals surface area contributed by atoms with Gasteiger partial charge in [0.25, 0.3) is 0 Å². The van der Waals surface area contributed by atoms with Gasteiger partial charge in [-0.2, -0.15) is 0 Å². The molecule has 0 aromatic carbocycles. The Labute approximate surface area is 131 Å². The Bertz CT molecular complexity index is 268. The summed E-state index contributed by atoms with van der Waals surface area (Å²) in [5, 5.41) is 9.03. The van der Waals surface area contributed by atoms with Gasteiger partial charge in [0.2, 0.25) is 0 Å². The summed E-state index contributed by atoms with van der Waals surface area (Å²) in [5.41, 5.74) is 0. The van der Waals surface area contributed by atoms with E-state index in [4.69, 9.17) is 5.11 Å². The molecule has 122 valence electrons. The molecule has 0 saturated carbocycles. The molecular weight excluding hydrogens is 332 g/mol. The molecule has 0 aliphatic heterocycles. The number of carbonyl (C=O) groups is 1. The third kappa shape index (κ3) is 6.48. The number of carboxylic acids is 1. The minimum atomic E-state index is -2.95. The van der Waals surface area contributed by atoms with E-state index >= 15 is 0 Å². The lowest BCUT2D eigenvalue weighted by Gasteiger charge is -2.43. The number of halogens is 3. The molecule has 0 unspecified atom stereocenters. The summed E-state index contributed by atoms with van der Waals surface area (Å²) in [6.07, 6.45) is 2.99. The van der Waals surface area contributed by atoms with Crippen LogP contribution in [0.3, 0.4) is 0 Å². The van der Waals surface area contributed by atoms with Crippen LogP contribution in [0.1, 0.15) is 59.3 Å². The molecule has 0 aromatic rings. The van der Waals surface area contributed by atoms with Crippen molar-refractivity contribution < 1.29 is 40.1 Å². The lowest BCUT2D eigenvalue weighted by Crippen LogP contribution is -3.00. The highest BCUT2D eigenvalue weighted by molar-refractivity contribution is 5.68. The maximum Gasteiger partial charge on any atom is 0.390 e. The van der Waals surface area contributed by atoms with Crippen molar-refractivity contribution >= 4 is 5.97 Å². The van der Waals surface area contributed by atoms with Crippen LogP contribution in [-0.2, 0) is 4.79 Å². The molecule has 0 heterocycles. The quantitative estimate of drug-likeness (QED) is 0.439. The van der Waals surface area contributed by atoms with Gasteiger partial charge in [0.1, 0.15) is 0 Å². The SMILES string of the molecule is CCCC[N+](CCCC)(CC(=O)O)C(F)(F)CCC.[Br-]. The van der Waals surface area contributed by atoms with Gasteiger partial charge in [-0.05, 0) is 19.3 Å². The molecule has 6 heteroatoms. The Morgan fingerprint density at radius 1 is 1.05 bits per heavy atom. The number of carboxylic acid groups (broad SMARTS) is 1. The minimum absolute atomic E-state index is 0. The van der Waals surface area contributed by atoms with Crippen molar-refractivity contribution in [3.05, 3.63) is 0 Å². The summed E-state index contributed by atoms with van der Waals surface area (Å²) >= 11 is 0. The zero-order valence-electron chi connectivity index (χ0n) is 12.8. The van der Waals surface area contributed by atoms with E-state index < -0.39 is 23.0 Å². The van der Waals surface area contributed by atoms with Crippen LogP contribution in [0, 0.1) is 0 Å². The third-order valence-electron chi connectivity index (χ3n) is 3.56. The number of alkyl halides is 2. The van der Waals surface area contributed by atoms with Crippen molar-refractivity contribution in [3.8, 4) is 0 Å². The van der Waals surface area contributed by atoms with E-state index in [2.05, 4.69) is 0 Å². The van der Waals surface area contributed by atoms with Crippen molar-refractivity contribution in [3.63, 3.8) is 0 Å². The molecule has 0 aromatic heterocycles. The zero-order chi connectivity index (χ0) is 14.9. The van der Waals surface area contributed by atoms with Gasteiger partial charge >= 0.3 is 12.0 Å². The van der Waals surface area contributed by atoms with Crippen LogP contribution in [0.25, 0.3) is 0 Å². The Balaban J connectivity index is 0. The van der Waals surface area contributed by atoms with Crippen LogP contribution in [0.4, 0.5) is 8.78 Å². The molecule has 0 rings (SSSR count). The first-order valence-electron chi connectivity index (χ1n) is 7.31. The Kier molecular flexibility index (Phi) is 11.6. The smallest absolute Gasteiger partial charge is 0.390 e. The van der Waals surface area contributed by atoms with E-state index in [0.717, 1.165) is 12.8 Å². The monoisotopic (exact) mass is 359 g/mol. The van der Waals surface area contributed by atoms with Gasteiger partial charge in [0, 0.05) is 0 Å². The second-order valence-corrected chi connectivity index (χ2v) is 5.27. The van der Waals surface area contributed by atoms with Crippen molar-refractivity contribution in [1.29, 1.82) is 0 Å². The van der Waals surface area contributed by atoms with E-state index in [1.54, 1.807) is 6.92 Å². The normalized spacial score (nSPS) is 12.1. The predicted octanol–water partition coefficient (Wildman–Crippen LogP) is 0.885. The van der Waals surface area contributed by atoms with Crippen molar-refractivity contribution in [2.45, 2.75) is 65.3 Å². The summed E-state index contributed by atoms with van der Waals surface area (Å²) in [4.78, 5) is 11.0.